The topological polar surface area (TPSA) is 49.8 Å². The van der Waals surface area contributed by atoms with E-state index in [1.807, 2.05) is 37.3 Å². The van der Waals surface area contributed by atoms with E-state index >= 15 is 0 Å². The molecule has 0 radical (unpaired) electrons. The molecule has 1 heterocycles. The summed E-state index contributed by atoms with van der Waals surface area (Å²) >= 11 is 0. The van der Waals surface area contributed by atoms with Crippen molar-refractivity contribution in [2.24, 2.45) is 0 Å². The molecule has 0 saturated heterocycles. The van der Waals surface area contributed by atoms with Crippen LogP contribution in [-0.4, -0.2) is 9.97 Å². The predicted octanol–water partition coefficient (Wildman–Crippen LogP) is 4.81. The van der Waals surface area contributed by atoms with Crippen molar-refractivity contribution in [2.45, 2.75) is 13.0 Å². The largest absolute Gasteiger partial charge is 0.363 e. The standard InChI is InChI=1S/C18H15F3N4/c1-11(12-5-3-2-4-6-12)23-15-9-10-22-18(25-15)24-14-8-7-13(19)16(20)17(14)21/h2-11H,1H3,(H2,22,23,24,25). The summed E-state index contributed by atoms with van der Waals surface area (Å²) in [5.41, 5.74) is 0.828. The van der Waals surface area contributed by atoms with E-state index in [9.17, 15) is 13.2 Å². The Morgan fingerprint density at radius 3 is 2.44 bits per heavy atom. The smallest absolute Gasteiger partial charge is 0.229 e. The second-order valence-corrected chi connectivity index (χ2v) is 5.39. The molecule has 2 aromatic carbocycles. The van der Waals surface area contributed by atoms with Gasteiger partial charge < -0.3 is 10.6 Å². The van der Waals surface area contributed by atoms with E-state index in [1.165, 1.54) is 6.20 Å². The molecule has 0 amide bonds. The molecule has 0 aliphatic rings. The van der Waals surface area contributed by atoms with Crippen molar-refractivity contribution in [1.29, 1.82) is 0 Å². The number of nitrogens with zero attached hydrogens (tertiary/aromatic N) is 2. The van der Waals surface area contributed by atoms with Gasteiger partial charge in [-0.1, -0.05) is 30.3 Å². The van der Waals surface area contributed by atoms with Gasteiger partial charge in [0.2, 0.25) is 5.95 Å². The highest BCUT2D eigenvalue weighted by Gasteiger charge is 2.14. The van der Waals surface area contributed by atoms with E-state index in [0.29, 0.717) is 5.82 Å². The molecule has 0 fully saturated rings. The number of nitrogens with one attached hydrogen (secondary N) is 2. The third-order valence-corrected chi connectivity index (χ3v) is 3.60. The highest BCUT2D eigenvalue weighted by molar-refractivity contribution is 5.56. The van der Waals surface area contributed by atoms with Crippen LogP contribution in [0.1, 0.15) is 18.5 Å². The van der Waals surface area contributed by atoms with Gasteiger partial charge in [-0.25, -0.2) is 18.2 Å². The molecule has 128 valence electrons. The molecule has 4 nitrogen and oxygen atoms in total. The Hall–Kier alpha value is -3.09. The third-order valence-electron chi connectivity index (χ3n) is 3.60. The van der Waals surface area contributed by atoms with Gasteiger partial charge in [-0.15, -0.1) is 0 Å². The van der Waals surface area contributed by atoms with Gasteiger partial charge in [0.15, 0.2) is 17.5 Å². The van der Waals surface area contributed by atoms with Crippen LogP contribution in [0.4, 0.5) is 30.6 Å². The Labute approximate surface area is 142 Å². The number of rotatable bonds is 5. The van der Waals surface area contributed by atoms with Crippen molar-refractivity contribution >= 4 is 17.5 Å². The monoisotopic (exact) mass is 344 g/mol. The van der Waals surface area contributed by atoms with Crippen LogP contribution in [0.3, 0.4) is 0 Å². The Balaban J connectivity index is 1.77. The van der Waals surface area contributed by atoms with Gasteiger partial charge in [0.1, 0.15) is 5.82 Å². The number of anilines is 3. The van der Waals surface area contributed by atoms with Crippen LogP contribution < -0.4 is 10.6 Å². The summed E-state index contributed by atoms with van der Waals surface area (Å²) in [6.07, 6.45) is 1.48. The lowest BCUT2D eigenvalue weighted by molar-refractivity contribution is 0.449. The van der Waals surface area contributed by atoms with E-state index in [2.05, 4.69) is 20.6 Å². The van der Waals surface area contributed by atoms with Gasteiger partial charge in [-0.05, 0) is 30.7 Å². The highest BCUT2D eigenvalue weighted by atomic mass is 19.2. The molecule has 3 aromatic rings. The first kappa shape index (κ1) is 16.8. The van der Waals surface area contributed by atoms with Gasteiger partial charge in [-0.3, -0.25) is 0 Å². The van der Waals surface area contributed by atoms with E-state index in [-0.39, 0.29) is 17.7 Å². The Morgan fingerprint density at radius 1 is 0.920 bits per heavy atom. The van der Waals surface area contributed by atoms with E-state index in [4.69, 9.17) is 0 Å². The van der Waals surface area contributed by atoms with Crippen LogP contribution in [0, 0.1) is 17.5 Å². The molecule has 25 heavy (non-hydrogen) atoms. The Kier molecular flexibility index (Phi) is 4.83. The highest BCUT2D eigenvalue weighted by Crippen LogP contribution is 2.23. The Morgan fingerprint density at radius 2 is 1.68 bits per heavy atom. The molecule has 0 aliphatic carbocycles. The minimum absolute atomic E-state index is 0.0102. The summed E-state index contributed by atoms with van der Waals surface area (Å²) < 4.78 is 40.0. The quantitative estimate of drug-likeness (QED) is 0.652. The first-order valence-electron chi connectivity index (χ1n) is 7.59. The summed E-state index contributed by atoms with van der Waals surface area (Å²) in [6.45, 7) is 1.97. The number of benzene rings is 2. The SMILES string of the molecule is CC(Nc1ccnc(Nc2ccc(F)c(F)c2F)n1)c1ccccc1. The fraction of sp³-hybridized carbons (Fsp3) is 0.111. The molecular formula is C18H15F3N4. The molecule has 2 N–H and O–H groups in total. The fourth-order valence-electron chi connectivity index (χ4n) is 2.29. The van der Waals surface area contributed by atoms with Crippen LogP contribution >= 0.6 is 0 Å². The molecule has 0 aliphatic heterocycles. The lowest BCUT2D eigenvalue weighted by Gasteiger charge is -2.15. The van der Waals surface area contributed by atoms with Gasteiger partial charge in [0.25, 0.3) is 0 Å². The van der Waals surface area contributed by atoms with E-state index < -0.39 is 17.5 Å². The van der Waals surface area contributed by atoms with Crippen molar-refractivity contribution in [3.8, 4) is 0 Å². The summed E-state index contributed by atoms with van der Waals surface area (Å²) in [4.78, 5) is 8.17. The van der Waals surface area contributed by atoms with Gasteiger partial charge >= 0.3 is 0 Å². The lowest BCUT2D eigenvalue weighted by atomic mass is 10.1. The molecule has 3 rings (SSSR count). The van der Waals surface area contributed by atoms with Crippen LogP contribution in [0.5, 0.6) is 0 Å². The van der Waals surface area contributed by atoms with Crippen LogP contribution in [0.25, 0.3) is 0 Å². The van der Waals surface area contributed by atoms with Crippen molar-refractivity contribution in [3.63, 3.8) is 0 Å². The molecule has 0 spiro atoms. The van der Waals surface area contributed by atoms with Crippen molar-refractivity contribution < 1.29 is 13.2 Å². The predicted molar refractivity (Wildman–Crippen MR) is 90.1 cm³/mol. The normalized spacial score (nSPS) is 11.8. The van der Waals surface area contributed by atoms with Crippen LogP contribution in [-0.2, 0) is 0 Å². The molecule has 1 atom stereocenters. The number of aromatic nitrogens is 2. The summed E-state index contributed by atoms with van der Waals surface area (Å²) in [7, 11) is 0. The molecule has 1 aromatic heterocycles. The lowest BCUT2D eigenvalue weighted by Crippen LogP contribution is -2.09. The van der Waals surface area contributed by atoms with Crippen LogP contribution in [0.2, 0.25) is 0 Å². The third kappa shape index (κ3) is 3.88. The van der Waals surface area contributed by atoms with Crippen LogP contribution in [0.15, 0.2) is 54.7 Å². The molecule has 0 saturated carbocycles. The second kappa shape index (κ2) is 7.21. The molecule has 0 bridgehead atoms. The zero-order chi connectivity index (χ0) is 17.8. The number of halogens is 3. The molecule has 1 unspecified atom stereocenters. The van der Waals surface area contributed by atoms with Gasteiger partial charge in [0, 0.05) is 12.2 Å². The van der Waals surface area contributed by atoms with Crippen molar-refractivity contribution in [1.82, 2.24) is 9.97 Å². The summed E-state index contributed by atoms with van der Waals surface area (Å²) in [5, 5.41) is 5.75. The average molecular weight is 344 g/mol. The maximum Gasteiger partial charge on any atom is 0.229 e. The van der Waals surface area contributed by atoms with Gasteiger partial charge in [0.05, 0.1) is 5.69 Å². The average Bonchev–Trinajstić information content (AvgIpc) is 2.63. The van der Waals surface area contributed by atoms with Gasteiger partial charge in [-0.2, -0.15) is 4.98 Å². The maximum absolute atomic E-state index is 13.7. The fourth-order valence-corrected chi connectivity index (χ4v) is 2.29. The molecular weight excluding hydrogens is 329 g/mol. The number of hydrogen-bond donors (Lipinski definition) is 2. The number of hydrogen-bond acceptors (Lipinski definition) is 4. The van der Waals surface area contributed by atoms with Crippen molar-refractivity contribution in [2.75, 3.05) is 10.6 Å². The second-order valence-electron chi connectivity index (χ2n) is 5.39. The zero-order valence-corrected chi connectivity index (χ0v) is 13.3. The summed E-state index contributed by atoms with van der Waals surface area (Å²) in [5.74, 6) is -3.54. The van der Waals surface area contributed by atoms with E-state index in [0.717, 1.165) is 17.7 Å². The maximum atomic E-state index is 13.7. The van der Waals surface area contributed by atoms with Crippen molar-refractivity contribution in [3.05, 3.63) is 77.7 Å². The minimum Gasteiger partial charge on any atom is -0.363 e. The molecule has 7 heteroatoms. The minimum atomic E-state index is -1.54. The first-order valence-corrected chi connectivity index (χ1v) is 7.59. The Bertz CT molecular complexity index is 871. The zero-order valence-electron chi connectivity index (χ0n) is 13.3. The summed E-state index contributed by atoms with van der Waals surface area (Å²) in [6, 6.07) is 13.3. The van der Waals surface area contributed by atoms with E-state index in [1.54, 1.807) is 6.07 Å². The first-order chi connectivity index (χ1) is 12.0.